The summed E-state index contributed by atoms with van der Waals surface area (Å²) in [6.45, 7) is 1.74. The molecule has 0 saturated heterocycles. The number of halogens is 1. The SMILES string of the molecule is CC(OCc1ccco1)C(=O)Nc1cc(N)ccc1F. The Labute approximate surface area is 115 Å². The van der Waals surface area contributed by atoms with Crippen molar-refractivity contribution in [1.82, 2.24) is 0 Å². The number of rotatable bonds is 5. The molecule has 20 heavy (non-hydrogen) atoms. The summed E-state index contributed by atoms with van der Waals surface area (Å²) in [6, 6.07) is 7.43. The van der Waals surface area contributed by atoms with E-state index in [1.807, 2.05) is 0 Å². The van der Waals surface area contributed by atoms with Crippen LogP contribution < -0.4 is 11.1 Å². The van der Waals surface area contributed by atoms with Gasteiger partial charge in [-0.1, -0.05) is 0 Å². The number of benzene rings is 1. The lowest BCUT2D eigenvalue weighted by molar-refractivity contribution is -0.127. The lowest BCUT2D eigenvalue weighted by Crippen LogP contribution is -2.28. The van der Waals surface area contributed by atoms with Crippen molar-refractivity contribution in [2.75, 3.05) is 11.1 Å². The molecule has 0 aliphatic heterocycles. The third-order valence-corrected chi connectivity index (χ3v) is 2.67. The zero-order chi connectivity index (χ0) is 14.5. The Hall–Kier alpha value is -2.34. The van der Waals surface area contributed by atoms with Gasteiger partial charge in [0.2, 0.25) is 0 Å². The van der Waals surface area contributed by atoms with Crippen molar-refractivity contribution in [3.63, 3.8) is 0 Å². The fourth-order valence-corrected chi connectivity index (χ4v) is 1.55. The quantitative estimate of drug-likeness (QED) is 0.824. The molecule has 106 valence electrons. The fourth-order valence-electron chi connectivity index (χ4n) is 1.55. The summed E-state index contributed by atoms with van der Waals surface area (Å²) in [5, 5.41) is 2.43. The molecular weight excluding hydrogens is 263 g/mol. The number of hydrogen-bond acceptors (Lipinski definition) is 4. The minimum atomic E-state index is -0.749. The number of furan rings is 1. The van der Waals surface area contributed by atoms with Crippen LogP contribution in [0, 0.1) is 5.82 Å². The van der Waals surface area contributed by atoms with Crippen LogP contribution in [0.25, 0.3) is 0 Å². The van der Waals surface area contributed by atoms with Crippen LogP contribution in [0.4, 0.5) is 15.8 Å². The molecule has 0 spiro atoms. The number of nitrogens with two attached hydrogens (primary N) is 1. The average Bonchev–Trinajstić information content (AvgIpc) is 2.93. The highest BCUT2D eigenvalue weighted by molar-refractivity contribution is 5.94. The normalized spacial score (nSPS) is 12.1. The van der Waals surface area contributed by atoms with Gasteiger partial charge in [-0.25, -0.2) is 4.39 Å². The van der Waals surface area contributed by atoms with Gasteiger partial charge in [-0.3, -0.25) is 4.79 Å². The molecule has 0 aliphatic carbocycles. The number of carbonyl (C=O) groups excluding carboxylic acids is 1. The Balaban J connectivity index is 1.92. The molecule has 1 aromatic heterocycles. The van der Waals surface area contributed by atoms with E-state index in [-0.39, 0.29) is 12.3 Å². The summed E-state index contributed by atoms with van der Waals surface area (Å²) in [5.74, 6) is -0.397. The van der Waals surface area contributed by atoms with Gasteiger partial charge in [-0.2, -0.15) is 0 Å². The van der Waals surface area contributed by atoms with Gasteiger partial charge in [0, 0.05) is 5.69 Å². The number of ether oxygens (including phenoxy) is 1. The van der Waals surface area contributed by atoms with Gasteiger partial charge in [0.1, 0.15) is 24.3 Å². The van der Waals surface area contributed by atoms with E-state index in [2.05, 4.69) is 5.32 Å². The van der Waals surface area contributed by atoms with Crippen LogP contribution in [0.3, 0.4) is 0 Å². The van der Waals surface area contributed by atoms with Gasteiger partial charge in [0.05, 0.1) is 12.0 Å². The second-order valence-electron chi connectivity index (χ2n) is 4.26. The molecule has 0 aliphatic rings. The standard InChI is InChI=1S/C14H15FN2O3/c1-9(20-8-11-3-2-6-19-11)14(18)17-13-7-10(16)4-5-12(13)15/h2-7,9H,8,16H2,1H3,(H,17,18). The second kappa shape index (κ2) is 6.21. The number of amides is 1. The first-order valence-electron chi connectivity index (χ1n) is 6.06. The Morgan fingerprint density at radius 3 is 3.00 bits per heavy atom. The maximum absolute atomic E-state index is 13.5. The summed E-state index contributed by atoms with van der Waals surface area (Å²) in [5.41, 5.74) is 5.94. The summed E-state index contributed by atoms with van der Waals surface area (Å²) in [7, 11) is 0. The van der Waals surface area contributed by atoms with Gasteiger partial charge < -0.3 is 20.2 Å². The van der Waals surface area contributed by atoms with E-state index in [0.717, 1.165) is 0 Å². The predicted octanol–water partition coefficient (Wildman–Crippen LogP) is 2.54. The average molecular weight is 278 g/mol. The first kappa shape index (κ1) is 14.1. The molecule has 1 aromatic carbocycles. The van der Waals surface area contributed by atoms with E-state index in [4.69, 9.17) is 14.9 Å². The molecule has 0 bridgehead atoms. The molecule has 1 unspecified atom stereocenters. The van der Waals surface area contributed by atoms with Crippen LogP contribution >= 0.6 is 0 Å². The van der Waals surface area contributed by atoms with Crippen LogP contribution in [-0.4, -0.2) is 12.0 Å². The molecule has 0 fully saturated rings. The molecule has 2 rings (SSSR count). The molecule has 1 atom stereocenters. The Morgan fingerprint density at radius 1 is 1.50 bits per heavy atom. The third-order valence-electron chi connectivity index (χ3n) is 2.67. The number of hydrogen-bond donors (Lipinski definition) is 2. The third kappa shape index (κ3) is 3.58. The van der Waals surface area contributed by atoms with E-state index in [0.29, 0.717) is 11.4 Å². The van der Waals surface area contributed by atoms with Crippen molar-refractivity contribution in [2.45, 2.75) is 19.6 Å². The monoisotopic (exact) mass is 278 g/mol. The number of nitrogen functional groups attached to an aromatic ring is 1. The Morgan fingerprint density at radius 2 is 2.30 bits per heavy atom. The summed E-state index contributed by atoms with van der Waals surface area (Å²) in [4.78, 5) is 11.9. The molecule has 6 heteroatoms. The van der Waals surface area contributed by atoms with E-state index < -0.39 is 17.8 Å². The van der Waals surface area contributed by atoms with Crippen LogP contribution in [0.2, 0.25) is 0 Å². The van der Waals surface area contributed by atoms with Crippen molar-refractivity contribution >= 4 is 17.3 Å². The van der Waals surface area contributed by atoms with E-state index in [9.17, 15) is 9.18 Å². The van der Waals surface area contributed by atoms with Crippen molar-refractivity contribution in [1.29, 1.82) is 0 Å². The van der Waals surface area contributed by atoms with Crippen LogP contribution in [0.5, 0.6) is 0 Å². The smallest absolute Gasteiger partial charge is 0.253 e. The molecular formula is C14H15FN2O3. The highest BCUT2D eigenvalue weighted by atomic mass is 19.1. The highest BCUT2D eigenvalue weighted by Gasteiger charge is 2.16. The number of anilines is 2. The fraction of sp³-hybridized carbons (Fsp3) is 0.214. The topological polar surface area (TPSA) is 77.5 Å². The van der Waals surface area contributed by atoms with Gasteiger partial charge in [0.25, 0.3) is 5.91 Å². The minimum Gasteiger partial charge on any atom is -0.467 e. The summed E-state index contributed by atoms with van der Waals surface area (Å²) >= 11 is 0. The maximum atomic E-state index is 13.5. The number of carbonyl (C=O) groups is 1. The molecule has 0 radical (unpaired) electrons. The highest BCUT2D eigenvalue weighted by Crippen LogP contribution is 2.18. The molecule has 2 aromatic rings. The van der Waals surface area contributed by atoms with Crippen molar-refractivity contribution < 1.29 is 18.3 Å². The summed E-state index contributed by atoms with van der Waals surface area (Å²) in [6.07, 6.45) is 0.770. The predicted molar refractivity (Wildman–Crippen MR) is 72.4 cm³/mol. The number of nitrogens with one attached hydrogen (secondary N) is 1. The first-order chi connectivity index (χ1) is 9.56. The van der Waals surface area contributed by atoms with Crippen molar-refractivity contribution in [2.24, 2.45) is 0 Å². The largest absolute Gasteiger partial charge is 0.467 e. The first-order valence-corrected chi connectivity index (χ1v) is 6.06. The van der Waals surface area contributed by atoms with Crippen molar-refractivity contribution in [3.05, 3.63) is 48.2 Å². The molecule has 3 N–H and O–H groups in total. The Kier molecular flexibility index (Phi) is 4.37. The van der Waals surface area contributed by atoms with Crippen molar-refractivity contribution in [3.8, 4) is 0 Å². The van der Waals surface area contributed by atoms with Crippen LogP contribution in [-0.2, 0) is 16.1 Å². The van der Waals surface area contributed by atoms with Gasteiger partial charge in [-0.05, 0) is 37.3 Å². The van der Waals surface area contributed by atoms with Crippen LogP contribution in [0.15, 0.2) is 41.0 Å². The van der Waals surface area contributed by atoms with Gasteiger partial charge in [-0.15, -0.1) is 0 Å². The zero-order valence-corrected chi connectivity index (χ0v) is 10.9. The maximum Gasteiger partial charge on any atom is 0.253 e. The zero-order valence-electron chi connectivity index (χ0n) is 10.9. The second-order valence-corrected chi connectivity index (χ2v) is 4.26. The van der Waals surface area contributed by atoms with E-state index in [1.165, 1.54) is 24.5 Å². The van der Waals surface area contributed by atoms with E-state index in [1.54, 1.807) is 19.1 Å². The summed E-state index contributed by atoms with van der Waals surface area (Å²) < 4.78 is 23.9. The van der Waals surface area contributed by atoms with E-state index >= 15 is 0 Å². The molecule has 5 nitrogen and oxygen atoms in total. The molecule has 0 saturated carbocycles. The lowest BCUT2D eigenvalue weighted by Gasteiger charge is -2.13. The van der Waals surface area contributed by atoms with Crippen LogP contribution in [0.1, 0.15) is 12.7 Å². The Bertz CT molecular complexity index is 584. The van der Waals surface area contributed by atoms with Gasteiger partial charge >= 0.3 is 0 Å². The lowest BCUT2D eigenvalue weighted by atomic mass is 10.2. The molecule has 1 amide bonds. The minimum absolute atomic E-state index is 0.0310. The molecule has 1 heterocycles. The van der Waals surface area contributed by atoms with Gasteiger partial charge in [0.15, 0.2) is 0 Å².